The predicted molar refractivity (Wildman–Crippen MR) is 63.8 cm³/mol. The summed E-state index contributed by atoms with van der Waals surface area (Å²) in [6.07, 6.45) is 1.95. The van der Waals surface area contributed by atoms with Gasteiger partial charge in [-0.05, 0) is 30.9 Å². The number of rotatable bonds is 3. The fourth-order valence-corrected chi connectivity index (χ4v) is 1.92. The molecule has 1 atom stereocenters. The summed E-state index contributed by atoms with van der Waals surface area (Å²) < 4.78 is 0. The van der Waals surface area contributed by atoms with E-state index in [9.17, 15) is 4.79 Å². The Morgan fingerprint density at radius 1 is 1.53 bits per heavy atom. The smallest absolute Gasteiger partial charge is 0.255 e. The highest BCUT2D eigenvalue weighted by Crippen LogP contribution is 2.32. The summed E-state index contributed by atoms with van der Waals surface area (Å²) in [6.45, 7) is 0. The quantitative estimate of drug-likeness (QED) is 0.858. The van der Waals surface area contributed by atoms with Gasteiger partial charge in [-0.2, -0.15) is 5.26 Å². The predicted octanol–water partition coefficient (Wildman–Crippen LogP) is 2.42. The number of amides is 1. The molecule has 1 aromatic rings. The molecule has 1 heterocycles. The fourth-order valence-electron chi connectivity index (χ4n) is 1.49. The Kier molecular flexibility index (Phi) is 3.51. The van der Waals surface area contributed by atoms with Gasteiger partial charge in [-0.3, -0.25) is 4.79 Å². The van der Waals surface area contributed by atoms with Crippen molar-refractivity contribution in [2.75, 3.05) is 0 Å². The molecule has 1 unspecified atom stereocenters. The van der Waals surface area contributed by atoms with Gasteiger partial charge in [-0.15, -0.1) is 0 Å². The summed E-state index contributed by atoms with van der Waals surface area (Å²) in [6, 6.07) is 4.61. The Hall–Kier alpha value is -1.31. The molecular formula is C11H9Cl2N3O. The van der Waals surface area contributed by atoms with E-state index in [0.717, 1.165) is 12.8 Å². The summed E-state index contributed by atoms with van der Waals surface area (Å²) in [5, 5.41) is 11.8. The van der Waals surface area contributed by atoms with Crippen LogP contribution in [0.25, 0.3) is 0 Å². The van der Waals surface area contributed by atoms with Gasteiger partial charge >= 0.3 is 0 Å². The standard InChI is InChI=1S/C11H9Cl2N3O/c12-9-4-3-7(10(13)16-9)11(17)15-8(5-14)6-1-2-6/h3-4,6,8H,1-2H2,(H,15,17). The van der Waals surface area contributed by atoms with Gasteiger partial charge in [0, 0.05) is 0 Å². The third-order valence-corrected chi connectivity index (χ3v) is 3.08. The lowest BCUT2D eigenvalue weighted by atomic mass is 10.2. The fraction of sp³-hybridized carbons (Fsp3) is 0.364. The van der Waals surface area contributed by atoms with Gasteiger partial charge in [0.2, 0.25) is 0 Å². The van der Waals surface area contributed by atoms with E-state index in [-0.39, 0.29) is 21.8 Å². The molecule has 0 saturated heterocycles. The van der Waals surface area contributed by atoms with Gasteiger partial charge in [-0.25, -0.2) is 4.98 Å². The van der Waals surface area contributed by atoms with Crippen molar-refractivity contribution in [3.63, 3.8) is 0 Å². The average molecular weight is 270 g/mol. The topological polar surface area (TPSA) is 65.8 Å². The van der Waals surface area contributed by atoms with Crippen LogP contribution in [0.1, 0.15) is 23.2 Å². The van der Waals surface area contributed by atoms with Crippen LogP contribution in [0.4, 0.5) is 0 Å². The molecule has 1 aliphatic rings. The molecule has 0 spiro atoms. The van der Waals surface area contributed by atoms with E-state index in [1.54, 1.807) is 0 Å². The van der Waals surface area contributed by atoms with Crippen LogP contribution in [0, 0.1) is 17.2 Å². The third-order valence-electron chi connectivity index (χ3n) is 2.58. The molecule has 4 nitrogen and oxygen atoms in total. The van der Waals surface area contributed by atoms with E-state index < -0.39 is 11.9 Å². The molecule has 1 amide bonds. The normalized spacial score (nSPS) is 16.1. The van der Waals surface area contributed by atoms with E-state index in [1.807, 2.05) is 0 Å². The van der Waals surface area contributed by atoms with Crippen molar-refractivity contribution in [2.45, 2.75) is 18.9 Å². The summed E-state index contributed by atoms with van der Waals surface area (Å²) in [5.41, 5.74) is 0.233. The van der Waals surface area contributed by atoms with Gasteiger partial charge in [0.15, 0.2) is 0 Å². The Morgan fingerprint density at radius 3 is 2.76 bits per heavy atom. The van der Waals surface area contributed by atoms with Crippen molar-refractivity contribution in [1.82, 2.24) is 10.3 Å². The Bertz CT molecular complexity index is 494. The molecule has 1 aromatic heterocycles. The minimum absolute atomic E-state index is 0.0440. The van der Waals surface area contributed by atoms with Crippen LogP contribution >= 0.6 is 23.2 Å². The third kappa shape index (κ3) is 2.87. The van der Waals surface area contributed by atoms with Gasteiger partial charge < -0.3 is 5.32 Å². The minimum Gasteiger partial charge on any atom is -0.336 e. The molecular weight excluding hydrogens is 261 g/mol. The maximum Gasteiger partial charge on any atom is 0.255 e. The zero-order valence-corrected chi connectivity index (χ0v) is 10.3. The molecule has 6 heteroatoms. The van der Waals surface area contributed by atoms with Crippen LogP contribution in [0.2, 0.25) is 10.3 Å². The monoisotopic (exact) mass is 269 g/mol. The van der Waals surface area contributed by atoms with E-state index in [4.69, 9.17) is 28.5 Å². The number of carbonyl (C=O) groups is 1. The lowest BCUT2D eigenvalue weighted by molar-refractivity contribution is 0.0941. The van der Waals surface area contributed by atoms with Crippen LogP contribution < -0.4 is 5.32 Å². The van der Waals surface area contributed by atoms with Crippen molar-refractivity contribution in [1.29, 1.82) is 5.26 Å². The lowest BCUT2D eigenvalue weighted by Gasteiger charge is -2.10. The van der Waals surface area contributed by atoms with Crippen molar-refractivity contribution >= 4 is 29.1 Å². The van der Waals surface area contributed by atoms with Crippen LogP contribution in [-0.2, 0) is 0 Å². The van der Waals surface area contributed by atoms with Crippen molar-refractivity contribution in [2.24, 2.45) is 5.92 Å². The van der Waals surface area contributed by atoms with Crippen LogP contribution in [0.3, 0.4) is 0 Å². The minimum atomic E-state index is -0.450. The van der Waals surface area contributed by atoms with Gasteiger partial charge in [0.1, 0.15) is 16.3 Å². The van der Waals surface area contributed by atoms with Gasteiger partial charge in [0.25, 0.3) is 5.91 Å². The highest BCUT2D eigenvalue weighted by Gasteiger charge is 2.32. The second-order valence-electron chi connectivity index (χ2n) is 3.89. The highest BCUT2D eigenvalue weighted by molar-refractivity contribution is 6.34. The first-order valence-electron chi connectivity index (χ1n) is 5.14. The first kappa shape index (κ1) is 12.2. The maximum atomic E-state index is 11.8. The number of halogens is 2. The van der Waals surface area contributed by atoms with Gasteiger partial charge in [-0.1, -0.05) is 23.2 Å². The average Bonchev–Trinajstić information content (AvgIpc) is 3.09. The lowest BCUT2D eigenvalue weighted by Crippen LogP contribution is -2.35. The summed E-state index contributed by atoms with van der Waals surface area (Å²) >= 11 is 11.4. The van der Waals surface area contributed by atoms with Crippen LogP contribution in [0.15, 0.2) is 12.1 Å². The van der Waals surface area contributed by atoms with Crippen LogP contribution in [-0.4, -0.2) is 16.9 Å². The molecule has 0 bridgehead atoms. The largest absolute Gasteiger partial charge is 0.336 e. The van der Waals surface area contributed by atoms with Crippen molar-refractivity contribution < 1.29 is 4.79 Å². The molecule has 0 radical (unpaired) electrons. The number of pyridine rings is 1. The number of nitriles is 1. The zero-order chi connectivity index (χ0) is 12.4. The molecule has 1 saturated carbocycles. The molecule has 1 aliphatic carbocycles. The number of nitrogens with one attached hydrogen (secondary N) is 1. The second kappa shape index (κ2) is 4.91. The van der Waals surface area contributed by atoms with E-state index >= 15 is 0 Å². The summed E-state index contributed by atoms with van der Waals surface area (Å²) in [5.74, 6) is -0.124. The number of hydrogen-bond acceptors (Lipinski definition) is 3. The van der Waals surface area contributed by atoms with Crippen molar-refractivity contribution in [3.8, 4) is 6.07 Å². The number of hydrogen-bond donors (Lipinski definition) is 1. The number of aromatic nitrogens is 1. The Labute approximate surface area is 109 Å². The zero-order valence-electron chi connectivity index (χ0n) is 8.78. The molecule has 17 heavy (non-hydrogen) atoms. The maximum absolute atomic E-state index is 11.8. The summed E-state index contributed by atoms with van der Waals surface area (Å²) in [4.78, 5) is 15.6. The van der Waals surface area contributed by atoms with Crippen LogP contribution in [0.5, 0.6) is 0 Å². The number of nitrogens with zero attached hydrogens (tertiary/aromatic N) is 2. The highest BCUT2D eigenvalue weighted by atomic mass is 35.5. The summed E-state index contributed by atoms with van der Waals surface area (Å²) in [7, 11) is 0. The molecule has 2 rings (SSSR count). The Morgan fingerprint density at radius 2 is 2.24 bits per heavy atom. The number of carbonyl (C=O) groups excluding carboxylic acids is 1. The first-order chi connectivity index (χ1) is 8.11. The molecule has 0 aliphatic heterocycles. The molecule has 88 valence electrons. The molecule has 1 N–H and O–H groups in total. The first-order valence-corrected chi connectivity index (χ1v) is 5.90. The van der Waals surface area contributed by atoms with E-state index in [1.165, 1.54) is 12.1 Å². The Balaban J connectivity index is 2.11. The molecule has 0 aromatic carbocycles. The van der Waals surface area contributed by atoms with E-state index in [2.05, 4.69) is 16.4 Å². The van der Waals surface area contributed by atoms with Gasteiger partial charge in [0.05, 0.1) is 11.6 Å². The van der Waals surface area contributed by atoms with Crippen molar-refractivity contribution in [3.05, 3.63) is 28.0 Å². The second-order valence-corrected chi connectivity index (χ2v) is 4.64. The molecule has 1 fully saturated rings. The SMILES string of the molecule is N#CC(NC(=O)c1ccc(Cl)nc1Cl)C1CC1. The van der Waals surface area contributed by atoms with E-state index in [0.29, 0.717) is 0 Å².